The zero-order valence-electron chi connectivity index (χ0n) is 16.4. The fourth-order valence-electron chi connectivity index (χ4n) is 2.74. The predicted molar refractivity (Wildman–Crippen MR) is 114 cm³/mol. The van der Waals surface area contributed by atoms with E-state index >= 15 is 0 Å². The largest absolute Gasteiger partial charge is 0.497 e. The van der Waals surface area contributed by atoms with Gasteiger partial charge in [0.1, 0.15) is 5.75 Å². The van der Waals surface area contributed by atoms with Crippen LogP contribution in [0.5, 0.6) is 5.75 Å². The summed E-state index contributed by atoms with van der Waals surface area (Å²) in [7, 11) is 5.57. The van der Waals surface area contributed by atoms with Crippen molar-refractivity contribution in [3.8, 4) is 5.75 Å². The van der Waals surface area contributed by atoms with E-state index < -0.39 is 0 Å². The summed E-state index contributed by atoms with van der Waals surface area (Å²) in [6, 6.07) is 14.9. The van der Waals surface area contributed by atoms with Crippen LogP contribution in [0.2, 0.25) is 0 Å². The van der Waals surface area contributed by atoms with Gasteiger partial charge in [0.05, 0.1) is 13.2 Å². The van der Waals surface area contributed by atoms with Gasteiger partial charge in [-0.15, -0.1) is 0 Å². The number of hydrogen-bond acceptors (Lipinski definition) is 4. The van der Waals surface area contributed by atoms with E-state index in [9.17, 15) is 9.59 Å². The molecule has 0 saturated carbocycles. The number of nitrogens with zero attached hydrogens (tertiary/aromatic N) is 1. The number of likely N-dealkylation sites (N-methyl/N-ethyl adjacent to an activating group) is 1. The maximum atomic E-state index is 12.2. The lowest BCUT2D eigenvalue weighted by Gasteiger charge is -2.25. The first-order chi connectivity index (χ1) is 13.4. The molecule has 0 bridgehead atoms. The first-order valence-corrected chi connectivity index (χ1v) is 9.81. The van der Waals surface area contributed by atoms with Gasteiger partial charge in [0, 0.05) is 29.5 Å². The minimum absolute atomic E-state index is 0.0245. The SMILES string of the molecule is COc1cccc(C(CNC(=O)CCNC(=O)c2ccc(Br)cc2)N(C)C)c1. The Balaban J connectivity index is 1.81. The van der Waals surface area contributed by atoms with Gasteiger partial charge in [0.25, 0.3) is 5.91 Å². The van der Waals surface area contributed by atoms with E-state index in [4.69, 9.17) is 4.74 Å². The van der Waals surface area contributed by atoms with E-state index in [0.717, 1.165) is 15.8 Å². The van der Waals surface area contributed by atoms with Crippen molar-refractivity contribution in [2.24, 2.45) is 0 Å². The van der Waals surface area contributed by atoms with Gasteiger partial charge in [-0.25, -0.2) is 0 Å². The zero-order chi connectivity index (χ0) is 20.5. The summed E-state index contributed by atoms with van der Waals surface area (Å²) in [5.41, 5.74) is 1.63. The monoisotopic (exact) mass is 447 g/mol. The Hall–Kier alpha value is -2.38. The summed E-state index contributed by atoms with van der Waals surface area (Å²) in [4.78, 5) is 26.3. The number of ether oxygens (including phenoxy) is 1. The normalized spacial score (nSPS) is 11.8. The van der Waals surface area contributed by atoms with Crippen LogP contribution < -0.4 is 15.4 Å². The average molecular weight is 448 g/mol. The van der Waals surface area contributed by atoms with Crippen LogP contribution in [0.1, 0.15) is 28.4 Å². The third-order valence-electron chi connectivity index (χ3n) is 4.34. The molecule has 7 heteroatoms. The minimum atomic E-state index is -0.192. The van der Waals surface area contributed by atoms with Gasteiger partial charge < -0.3 is 20.3 Å². The molecule has 1 atom stereocenters. The molecule has 2 aromatic rings. The maximum absolute atomic E-state index is 12.2. The van der Waals surface area contributed by atoms with E-state index in [1.807, 2.05) is 55.4 Å². The molecule has 0 aliphatic rings. The summed E-state index contributed by atoms with van der Waals surface area (Å²) < 4.78 is 6.19. The minimum Gasteiger partial charge on any atom is -0.497 e. The Morgan fingerprint density at radius 3 is 2.46 bits per heavy atom. The second-order valence-corrected chi connectivity index (χ2v) is 7.49. The lowest BCUT2D eigenvalue weighted by atomic mass is 10.1. The number of methoxy groups -OCH3 is 1. The first kappa shape index (κ1) is 21.9. The van der Waals surface area contributed by atoms with Crippen molar-refractivity contribution < 1.29 is 14.3 Å². The second-order valence-electron chi connectivity index (χ2n) is 6.57. The highest BCUT2D eigenvalue weighted by atomic mass is 79.9. The third kappa shape index (κ3) is 6.65. The van der Waals surface area contributed by atoms with Gasteiger partial charge >= 0.3 is 0 Å². The molecule has 0 fully saturated rings. The van der Waals surface area contributed by atoms with Crippen molar-refractivity contribution in [2.75, 3.05) is 34.3 Å². The van der Waals surface area contributed by atoms with Crippen molar-refractivity contribution in [1.82, 2.24) is 15.5 Å². The molecule has 0 heterocycles. The van der Waals surface area contributed by atoms with E-state index in [2.05, 4.69) is 26.6 Å². The summed E-state index contributed by atoms with van der Waals surface area (Å²) >= 11 is 3.34. The Morgan fingerprint density at radius 1 is 1.11 bits per heavy atom. The van der Waals surface area contributed by atoms with Crippen molar-refractivity contribution in [1.29, 1.82) is 0 Å². The van der Waals surface area contributed by atoms with Crippen LogP contribution in [0.3, 0.4) is 0 Å². The first-order valence-electron chi connectivity index (χ1n) is 9.01. The van der Waals surface area contributed by atoms with Gasteiger partial charge in [0.2, 0.25) is 5.91 Å². The van der Waals surface area contributed by atoms with Crippen LogP contribution in [0.4, 0.5) is 0 Å². The zero-order valence-corrected chi connectivity index (χ0v) is 18.0. The number of amides is 2. The molecule has 2 N–H and O–H groups in total. The quantitative estimate of drug-likeness (QED) is 0.619. The maximum Gasteiger partial charge on any atom is 0.251 e. The topological polar surface area (TPSA) is 70.7 Å². The number of rotatable bonds is 9. The lowest BCUT2D eigenvalue weighted by molar-refractivity contribution is -0.121. The summed E-state index contributed by atoms with van der Waals surface area (Å²) in [6.45, 7) is 0.756. The smallest absolute Gasteiger partial charge is 0.251 e. The summed E-state index contributed by atoms with van der Waals surface area (Å²) in [5, 5.41) is 5.71. The molecule has 2 amide bonds. The molecule has 0 spiro atoms. The molecule has 0 aliphatic heterocycles. The summed E-state index contributed by atoms with van der Waals surface area (Å²) in [5.74, 6) is 0.486. The predicted octanol–water partition coefficient (Wildman–Crippen LogP) is 3.00. The fraction of sp³-hybridized carbons (Fsp3) is 0.333. The molecular weight excluding hydrogens is 422 g/mol. The molecule has 0 aromatic heterocycles. The van der Waals surface area contributed by atoms with Gasteiger partial charge in [-0.05, 0) is 56.1 Å². The number of carbonyl (C=O) groups is 2. The van der Waals surface area contributed by atoms with Crippen LogP contribution in [-0.4, -0.2) is 51.0 Å². The van der Waals surface area contributed by atoms with E-state index in [0.29, 0.717) is 12.1 Å². The number of carbonyl (C=O) groups excluding carboxylic acids is 2. The van der Waals surface area contributed by atoms with Gasteiger partial charge in [-0.1, -0.05) is 28.1 Å². The van der Waals surface area contributed by atoms with Crippen molar-refractivity contribution in [3.05, 3.63) is 64.1 Å². The molecular formula is C21H26BrN3O3. The van der Waals surface area contributed by atoms with Gasteiger partial charge in [0.15, 0.2) is 0 Å². The molecule has 0 saturated heterocycles. The molecule has 2 rings (SSSR count). The van der Waals surface area contributed by atoms with Crippen LogP contribution >= 0.6 is 15.9 Å². The van der Waals surface area contributed by atoms with Gasteiger partial charge in [-0.2, -0.15) is 0 Å². The Morgan fingerprint density at radius 2 is 1.82 bits per heavy atom. The Bertz CT molecular complexity index is 794. The highest BCUT2D eigenvalue weighted by Crippen LogP contribution is 2.22. The Kier molecular flexibility index (Phi) is 8.47. The van der Waals surface area contributed by atoms with Gasteiger partial charge in [-0.3, -0.25) is 9.59 Å². The lowest BCUT2D eigenvalue weighted by Crippen LogP contribution is -2.36. The highest BCUT2D eigenvalue weighted by molar-refractivity contribution is 9.10. The Labute approximate surface area is 174 Å². The average Bonchev–Trinajstić information content (AvgIpc) is 2.68. The second kappa shape index (κ2) is 10.8. The van der Waals surface area contributed by atoms with E-state index in [1.54, 1.807) is 19.2 Å². The molecule has 1 unspecified atom stereocenters. The van der Waals surface area contributed by atoms with Crippen molar-refractivity contribution >= 4 is 27.7 Å². The van der Waals surface area contributed by atoms with Crippen LogP contribution in [0.15, 0.2) is 53.0 Å². The van der Waals surface area contributed by atoms with Crippen LogP contribution in [0, 0.1) is 0 Å². The van der Waals surface area contributed by atoms with E-state index in [-0.39, 0.29) is 30.8 Å². The molecule has 0 radical (unpaired) electrons. The molecule has 28 heavy (non-hydrogen) atoms. The van der Waals surface area contributed by atoms with Crippen molar-refractivity contribution in [3.63, 3.8) is 0 Å². The number of hydrogen-bond donors (Lipinski definition) is 2. The van der Waals surface area contributed by atoms with Crippen LogP contribution in [-0.2, 0) is 4.79 Å². The summed E-state index contributed by atoms with van der Waals surface area (Å²) in [6.07, 6.45) is 0.223. The van der Waals surface area contributed by atoms with Crippen LogP contribution in [0.25, 0.3) is 0 Å². The number of benzene rings is 2. The molecule has 0 aliphatic carbocycles. The van der Waals surface area contributed by atoms with Crippen molar-refractivity contribution in [2.45, 2.75) is 12.5 Å². The van der Waals surface area contributed by atoms with E-state index in [1.165, 1.54) is 0 Å². The number of nitrogens with one attached hydrogen (secondary N) is 2. The molecule has 6 nitrogen and oxygen atoms in total. The standard InChI is InChI=1S/C21H26BrN3O3/c1-25(2)19(16-5-4-6-18(13-16)28-3)14-24-20(26)11-12-23-21(27)15-7-9-17(22)10-8-15/h4-10,13,19H,11-12,14H2,1-3H3,(H,23,27)(H,24,26). The molecule has 2 aromatic carbocycles. The molecule has 150 valence electrons. The number of halogens is 1. The highest BCUT2D eigenvalue weighted by Gasteiger charge is 2.16. The third-order valence-corrected chi connectivity index (χ3v) is 4.87. The fourth-order valence-corrected chi connectivity index (χ4v) is 3.00.